The molecule has 0 bridgehead atoms. The lowest BCUT2D eigenvalue weighted by Crippen LogP contribution is -2.00. The first-order chi connectivity index (χ1) is 9.67. The Bertz CT molecular complexity index is 773. The molecule has 1 aromatic carbocycles. The predicted octanol–water partition coefficient (Wildman–Crippen LogP) is 3.10. The summed E-state index contributed by atoms with van der Waals surface area (Å²) >= 11 is 0. The quantitative estimate of drug-likeness (QED) is 0.669. The van der Waals surface area contributed by atoms with Gasteiger partial charge in [-0.25, -0.2) is 9.78 Å². The maximum absolute atomic E-state index is 11.4. The predicted molar refractivity (Wildman–Crippen MR) is 76.7 cm³/mol. The number of benzene rings is 1. The highest BCUT2D eigenvalue weighted by molar-refractivity contribution is 5.89. The molecule has 0 saturated carbocycles. The van der Waals surface area contributed by atoms with E-state index in [2.05, 4.69) is 9.72 Å². The third kappa shape index (κ3) is 2.16. The van der Waals surface area contributed by atoms with Crippen LogP contribution < -0.4 is 0 Å². The monoisotopic (exact) mass is 266 g/mol. The van der Waals surface area contributed by atoms with Crippen molar-refractivity contribution in [1.29, 1.82) is 0 Å². The number of esters is 1. The van der Waals surface area contributed by atoms with Crippen LogP contribution in [0.25, 0.3) is 16.9 Å². The number of pyridine rings is 1. The maximum atomic E-state index is 11.4. The molecule has 20 heavy (non-hydrogen) atoms. The molecule has 4 nitrogen and oxygen atoms in total. The van der Waals surface area contributed by atoms with Crippen molar-refractivity contribution in [2.24, 2.45) is 0 Å². The van der Waals surface area contributed by atoms with Gasteiger partial charge in [-0.2, -0.15) is 0 Å². The van der Waals surface area contributed by atoms with Crippen molar-refractivity contribution in [2.45, 2.75) is 6.92 Å². The van der Waals surface area contributed by atoms with Gasteiger partial charge in [0.25, 0.3) is 0 Å². The van der Waals surface area contributed by atoms with E-state index < -0.39 is 0 Å². The Labute approximate surface area is 116 Å². The van der Waals surface area contributed by atoms with Gasteiger partial charge in [-0.3, -0.25) is 0 Å². The second kappa shape index (κ2) is 4.81. The van der Waals surface area contributed by atoms with Crippen LogP contribution in [-0.4, -0.2) is 22.5 Å². The van der Waals surface area contributed by atoms with Crippen LogP contribution in [0.3, 0.4) is 0 Å². The fraction of sp³-hybridized carbons (Fsp3) is 0.125. The zero-order valence-corrected chi connectivity index (χ0v) is 11.3. The fourth-order valence-electron chi connectivity index (χ4n) is 2.14. The Balaban J connectivity index is 2.00. The van der Waals surface area contributed by atoms with Gasteiger partial charge < -0.3 is 9.14 Å². The van der Waals surface area contributed by atoms with Gasteiger partial charge >= 0.3 is 5.97 Å². The number of hydrogen-bond acceptors (Lipinski definition) is 3. The molecule has 3 rings (SSSR count). The molecule has 0 radical (unpaired) electrons. The molecule has 0 saturated heterocycles. The number of imidazole rings is 1. The van der Waals surface area contributed by atoms with E-state index in [9.17, 15) is 4.79 Å². The van der Waals surface area contributed by atoms with Crippen molar-refractivity contribution < 1.29 is 9.53 Å². The number of aromatic nitrogens is 2. The Morgan fingerprint density at radius 2 is 1.85 bits per heavy atom. The summed E-state index contributed by atoms with van der Waals surface area (Å²) in [6, 6.07) is 11.3. The SMILES string of the molecule is COC(=O)c1ccc(-c2cn3cc(C)ccc3n2)cc1. The Hall–Kier alpha value is -2.62. The number of hydrogen-bond donors (Lipinski definition) is 0. The molecule has 0 aliphatic heterocycles. The fourth-order valence-corrected chi connectivity index (χ4v) is 2.14. The van der Waals surface area contributed by atoms with E-state index in [1.165, 1.54) is 12.7 Å². The lowest BCUT2D eigenvalue weighted by molar-refractivity contribution is 0.0601. The summed E-state index contributed by atoms with van der Waals surface area (Å²) < 4.78 is 6.68. The highest BCUT2D eigenvalue weighted by Gasteiger charge is 2.07. The van der Waals surface area contributed by atoms with E-state index in [0.717, 1.165) is 16.9 Å². The standard InChI is InChI=1S/C16H14N2O2/c1-11-3-8-15-17-14(10-18(15)9-11)12-4-6-13(7-5-12)16(19)20-2/h3-10H,1-2H3. The van der Waals surface area contributed by atoms with Crippen LogP contribution in [0.4, 0.5) is 0 Å². The first-order valence-corrected chi connectivity index (χ1v) is 6.31. The van der Waals surface area contributed by atoms with Gasteiger partial charge in [0.1, 0.15) is 5.65 Å². The van der Waals surface area contributed by atoms with Gasteiger partial charge in [-0.1, -0.05) is 18.2 Å². The number of methoxy groups -OCH3 is 1. The largest absolute Gasteiger partial charge is 0.465 e. The first kappa shape index (κ1) is 12.4. The number of fused-ring (bicyclic) bond motifs is 1. The molecule has 0 unspecified atom stereocenters. The summed E-state index contributed by atoms with van der Waals surface area (Å²) in [5, 5.41) is 0. The average molecular weight is 266 g/mol. The lowest BCUT2D eigenvalue weighted by atomic mass is 10.1. The molecule has 3 aromatic rings. The molecule has 4 heteroatoms. The topological polar surface area (TPSA) is 43.6 Å². The molecule has 0 N–H and O–H groups in total. The number of rotatable bonds is 2. The molecule has 0 aliphatic carbocycles. The van der Waals surface area contributed by atoms with E-state index in [4.69, 9.17) is 0 Å². The van der Waals surface area contributed by atoms with Crippen LogP contribution in [0.2, 0.25) is 0 Å². The van der Waals surface area contributed by atoms with E-state index in [0.29, 0.717) is 5.56 Å². The van der Waals surface area contributed by atoms with Crippen molar-refractivity contribution in [3.8, 4) is 11.3 Å². The minimum absolute atomic E-state index is 0.331. The normalized spacial score (nSPS) is 10.7. The molecule has 0 fully saturated rings. The van der Waals surface area contributed by atoms with Crippen molar-refractivity contribution in [2.75, 3.05) is 7.11 Å². The minimum atomic E-state index is -0.331. The second-order valence-electron chi connectivity index (χ2n) is 4.67. The van der Waals surface area contributed by atoms with Crippen molar-refractivity contribution in [3.05, 3.63) is 59.9 Å². The zero-order chi connectivity index (χ0) is 14.1. The summed E-state index contributed by atoms with van der Waals surface area (Å²) in [6.07, 6.45) is 4.02. The van der Waals surface area contributed by atoms with Crippen molar-refractivity contribution in [3.63, 3.8) is 0 Å². The molecular formula is C16H14N2O2. The second-order valence-corrected chi connectivity index (χ2v) is 4.67. The molecule has 0 aliphatic rings. The highest BCUT2D eigenvalue weighted by Crippen LogP contribution is 2.20. The third-order valence-electron chi connectivity index (χ3n) is 3.20. The molecule has 0 atom stereocenters. The van der Waals surface area contributed by atoms with Crippen LogP contribution in [0.15, 0.2) is 48.8 Å². The third-order valence-corrected chi connectivity index (χ3v) is 3.20. The Morgan fingerprint density at radius 3 is 2.55 bits per heavy atom. The van der Waals surface area contributed by atoms with Crippen LogP contribution >= 0.6 is 0 Å². The molecule has 0 amide bonds. The smallest absolute Gasteiger partial charge is 0.337 e. The summed E-state index contributed by atoms with van der Waals surface area (Å²) in [6.45, 7) is 2.05. The lowest BCUT2D eigenvalue weighted by Gasteiger charge is -2.00. The van der Waals surface area contributed by atoms with Crippen LogP contribution in [0, 0.1) is 6.92 Å². The number of carbonyl (C=O) groups is 1. The van der Waals surface area contributed by atoms with Gasteiger partial charge in [0.05, 0.1) is 18.4 Å². The first-order valence-electron chi connectivity index (χ1n) is 6.31. The van der Waals surface area contributed by atoms with Gasteiger partial charge in [0, 0.05) is 18.0 Å². The molecule has 100 valence electrons. The van der Waals surface area contributed by atoms with Crippen molar-refractivity contribution >= 4 is 11.6 Å². The molecule has 0 spiro atoms. The number of ether oxygens (including phenoxy) is 1. The summed E-state index contributed by atoms with van der Waals surface area (Å²) in [5.74, 6) is -0.331. The Morgan fingerprint density at radius 1 is 1.10 bits per heavy atom. The summed E-state index contributed by atoms with van der Waals surface area (Å²) in [4.78, 5) is 16.0. The van der Waals surface area contributed by atoms with Crippen LogP contribution in [-0.2, 0) is 4.74 Å². The number of aryl methyl sites for hydroxylation is 1. The molecule has 2 heterocycles. The van der Waals surface area contributed by atoms with Crippen LogP contribution in [0.5, 0.6) is 0 Å². The molecular weight excluding hydrogens is 252 g/mol. The molecule has 2 aromatic heterocycles. The number of nitrogens with zero attached hydrogens (tertiary/aromatic N) is 2. The Kier molecular flexibility index (Phi) is 2.99. The van der Waals surface area contributed by atoms with Gasteiger partial charge in [0.15, 0.2) is 0 Å². The maximum Gasteiger partial charge on any atom is 0.337 e. The summed E-state index contributed by atoms with van der Waals surface area (Å²) in [7, 11) is 1.38. The zero-order valence-electron chi connectivity index (χ0n) is 11.3. The highest BCUT2D eigenvalue weighted by atomic mass is 16.5. The van der Waals surface area contributed by atoms with E-state index in [1.54, 1.807) is 12.1 Å². The number of carbonyl (C=O) groups excluding carboxylic acids is 1. The van der Waals surface area contributed by atoms with Crippen LogP contribution in [0.1, 0.15) is 15.9 Å². The van der Waals surface area contributed by atoms with E-state index in [1.807, 2.05) is 48.0 Å². The average Bonchev–Trinajstić information content (AvgIpc) is 2.89. The van der Waals surface area contributed by atoms with Gasteiger partial charge in [-0.15, -0.1) is 0 Å². The van der Waals surface area contributed by atoms with E-state index >= 15 is 0 Å². The minimum Gasteiger partial charge on any atom is -0.465 e. The summed E-state index contributed by atoms with van der Waals surface area (Å²) in [5.41, 5.74) is 4.48. The van der Waals surface area contributed by atoms with E-state index in [-0.39, 0.29) is 5.97 Å². The van der Waals surface area contributed by atoms with Gasteiger partial charge in [-0.05, 0) is 30.7 Å². The van der Waals surface area contributed by atoms with Crippen molar-refractivity contribution in [1.82, 2.24) is 9.38 Å². The van der Waals surface area contributed by atoms with Gasteiger partial charge in [0.2, 0.25) is 0 Å².